The molecule has 7 heteroatoms. The van der Waals surface area contributed by atoms with Crippen molar-refractivity contribution in [2.24, 2.45) is 0 Å². The first-order valence-corrected chi connectivity index (χ1v) is 10.2. The molecule has 4 rings (SSSR count). The second kappa shape index (κ2) is 8.58. The molecule has 0 unspecified atom stereocenters. The number of hydrogen-bond acceptors (Lipinski definition) is 5. The highest BCUT2D eigenvalue weighted by atomic mass is 32.2. The number of rotatable bonds is 5. The number of aromatic nitrogens is 3. The Balaban J connectivity index is 1.67. The van der Waals surface area contributed by atoms with Crippen LogP contribution in [0.1, 0.15) is 16.4 Å². The lowest BCUT2D eigenvalue weighted by Crippen LogP contribution is -2.42. The van der Waals surface area contributed by atoms with Crippen LogP contribution in [0.2, 0.25) is 0 Å². The summed E-state index contributed by atoms with van der Waals surface area (Å²) < 4.78 is 7.35. The zero-order chi connectivity index (χ0) is 19.3. The molecule has 1 aromatic heterocycles. The summed E-state index contributed by atoms with van der Waals surface area (Å²) >= 11 is 1.44. The van der Waals surface area contributed by atoms with E-state index >= 15 is 0 Å². The molecule has 0 saturated carbocycles. The monoisotopic (exact) mass is 394 g/mol. The Bertz CT molecular complexity index is 938. The third-order valence-electron chi connectivity index (χ3n) is 4.76. The van der Waals surface area contributed by atoms with Gasteiger partial charge in [-0.25, -0.2) is 0 Å². The minimum atomic E-state index is -0.383. The molecule has 1 fully saturated rings. The Hall–Kier alpha value is -2.64. The van der Waals surface area contributed by atoms with Gasteiger partial charge in [0.25, 0.3) is 0 Å². The van der Waals surface area contributed by atoms with Crippen molar-refractivity contribution in [1.29, 1.82) is 0 Å². The number of morpholine rings is 1. The molecule has 3 aromatic rings. The number of carbonyl (C=O) groups is 1. The van der Waals surface area contributed by atoms with E-state index in [2.05, 4.69) is 23.2 Å². The molecular weight excluding hydrogens is 372 g/mol. The number of aryl methyl sites for hydroxylation is 1. The average molecular weight is 395 g/mol. The zero-order valence-corrected chi connectivity index (χ0v) is 16.5. The lowest BCUT2D eigenvalue weighted by molar-refractivity contribution is -0.134. The van der Waals surface area contributed by atoms with Crippen molar-refractivity contribution in [3.63, 3.8) is 0 Å². The summed E-state index contributed by atoms with van der Waals surface area (Å²) in [5.41, 5.74) is 3.10. The van der Waals surface area contributed by atoms with Crippen LogP contribution in [0.3, 0.4) is 0 Å². The second-order valence-corrected chi connectivity index (χ2v) is 7.69. The molecule has 0 bridgehead atoms. The SMILES string of the molecule is Cc1ccccc1-n1cnnc1S[C@H](C(=O)N1CCOCC1)c1ccccc1. The van der Waals surface area contributed by atoms with Gasteiger partial charge in [0, 0.05) is 13.1 Å². The van der Waals surface area contributed by atoms with Gasteiger partial charge in [-0.05, 0) is 24.1 Å². The molecule has 1 amide bonds. The van der Waals surface area contributed by atoms with E-state index in [9.17, 15) is 4.79 Å². The molecule has 1 saturated heterocycles. The molecule has 1 aliphatic heterocycles. The first kappa shape index (κ1) is 18.7. The van der Waals surface area contributed by atoms with Crippen molar-refractivity contribution < 1.29 is 9.53 Å². The summed E-state index contributed by atoms with van der Waals surface area (Å²) in [6.45, 7) is 4.45. The number of carbonyl (C=O) groups excluding carboxylic acids is 1. The van der Waals surface area contributed by atoms with E-state index in [-0.39, 0.29) is 11.2 Å². The van der Waals surface area contributed by atoms with Crippen LogP contribution in [0.4, 0.5) is 0 Å². The van der Waals surface area contributed by atoms with Gasteiger partial charge in [0.1, 0.15) is 11.6 Å². The Kier molecular flexibility index (Phi) is 5.73. The highest BCUT2D eigenvalue weighted by Gasteiger charge is 2.30. The van der Waals surface area contributed by atoms with Crippen LogP contribution in [-0.2, 0) is 9.53 Å². The standard InChI is InChI=1S/C21H22N4O2S/c1-16-7-5-6-10-18(16)25-15-22-23-21(25)28-19(17-8-3-2-4-9-17)20(26)24-11-13-27-14-12-24/h2-10,15,19H,11-14H2,1H3/t19-/m0/s1. The fourth-order valence-electron chi connectivity index (χ4n) is 3.25. The number of benzene rings is 2. The summed E-state index contributed by atoms with van der Waals surface area (Å²) in [7, 11) is 0. The van der Waals surface area contributed by atoms with E-state index in [1.165, 1.54) is 11.8 Å². The van der Waals surface area contributed by atoms with Gasteiger partial charge in [-0.1, -0.05) is 60.3 Å². The number of nitrogens with zero attached hydrogens (tertiary/aromatic N) is 4. The van der Waals surface area contributed by atoms with Gasteiger partial charge < -0.3 is 9.64 Å². The molecule has 1 aliphatic rings. The summed E-state index contributed by atoms with van der Waals surface area (Å²) in [4.78, 5) is 15.2. The predicted octanol–water partition coefficient (Wildman–Crippen LogP) is 3.27. The van der Waals surface area contributed by atoms with Gasteiger partial charge in [0.15, 0.2) is 5.16 Å². The first-order valence-electron chi connectivity index (χ1n) is 9.28. The van der Waals surface area contributed by atoms with E-state index < -0.39 is 0 Å². The number of para-hydroxylation sites is 1. The summed E-state index contributed by atoms with van der Waals surface area (Å²) in [5.74, 6) is 0.0823. The third kappa shape index (κ3) is 3.95. The van der Waals surface area contributed by atoms with E-state index in [1.54, 1.807) is 6.33 Å². The number of thioether (sulfide) groups is 1. The lowest BCUT2D eigenvalue weighted by atomic mass is 10.1. The summed E-state index contributed by atoms with van der Waals surface area (Å²) in [6, 6.07) is 17.9. The van der Waals surface area contributed by atoms with Crippen molar-refractivity contribution in [3.8, 4) is 5.69 Å². The number of ether oxygens (including phenoxy) is 1. The van der Waals surface area contributed by atoms with Crippen LogP contribution in [0.15, 0.2) is 66.1 Å². The Morgan fingerprint density at radius 3 is 2.54 bits per heavy atom. The molecule has 0 spiro atoms. The smallest absolute Gasteiger partial charge is 0.240 e. The van der Waals surface area contributed by atoms with Crippen LogP contribution in [-0.4, -0.2) is 51.9 Å². The van der Waals surface area contributed by atoms with E-state index in [4.69, 9.17) is 4.74 Å². The van der Waals surface area contributed by atoms with Crippen LogP contribution >= 0.6 is 11.8 Å². The normalized spacial score (nSPS) is 15.4. The Morgan fingerprint density at radius 2 is 1.79 bits per heavy atom. The molecule has 28 heavy (non-hydrogen) atoms. The van der Waals surface area contributed by atoms with Crippen molar-refractivity contribution >= 4 is 17.7 Å². The zero-order valence-electron chi connectivity index (χ0n) is 15.7. The van der Waals surface area contributed by atoms with Crippen molar-refractivity contribution in [1.82, 2.24) is 19.7 Å². The molecule has 1 atom stereocenters. The average Bonchev–Trinajstić information content (AvgIpc) is 3.21. The maximum atomic E-state index is 13.3. The topological polar surface area (TPSA) is 60.2 Å². The molecule has 2 heterocycles. The maximum Gasteiger partial charge on any atom is 0.240 e. The van der Waals surface area contributed by atoms with E-state index in [0.717, 1.165) is 16.8 Å². The summed E-state index contributed by atoms with van der Waals surface area (Å²) in [5, 5.41) is 8.73. The molecule has 6 nitrogen and oxygen atoms in total. The molecule has 2 aromatic carbocycles. The van der Waals surface area contributed by atoms with Crippen molar-refractivity contribution in [3.05, 3.63) is 72.1 Å². The van der Waals surface area contributed by atoms with Gasteiger partial charge in [-0.3, -0.25) is 9.36 Å². The van der Waals surface area contributed by atoms with Gasteiger partial charge in [0.2, 0.25) is 5.91 Å². The predicted molar refractivity (Wildman–Crippen MR) is 109 cm³/mol. The molecule has 0 aliphatic carbocycles. The minimum absolute atomic E-state index is 0.0823. The van der Waals surface area contributed by atoms with E-state index in [1.807, 2.05) is 58.0 Å². The number of amides is 1. The maximum absolute atomic E-state index is 13.3. The van der Waals surface area contributed by atoms with Gasteiger partial charge in [-0.2, -0.15) is 0 Å². The molecule has 0 N–H and O–H groups in total. The Labute approximate surface area is 168 Å². The highest BCUT2D eigenvalue weighted by molar-refractivity contribution is 8.00. The van der Waals surface area contributed by atoms with Crippen LogP contribution in [0.25, 0.3) is 5.69 Å². The summed E-state index contributed by atoms with van der Waals surface area (Å²) in [6.07, 6.45) is 1.70. The fourth-order valence-corrected chi connectivity index (χ4v) is 4.35. The molecule has 0 radical (unpaired) electrons. The van der Waals surface area contributed by atoms with Crippen molar-refractivity contribution in [2.75, 3.05) is 26.3 Å². The minimum Gasteiger partial charge on any atom is -0.378 e. The van der Waals surface area contributed by atoms with E-state index in [0.29, 0.717) is 31.5 Å². The second-order valence-electron chi connectivity index (χ2n) is 6.62. The third-order valence-corrected chi connectivity index (χ3v) is 5.96. The number of hydrogen-bond donors (Lipinski definition) is 0. The lowest BCUT2D eigenvalue weighted by Gasteiger charge is -2.30. The fraction of sp³-hybridized carbons (Fsp3) is 0.286. The van der Waals surface area contributed by atoms with Gasteiger partial charge in [-0.15, -0.1) is 10.2 Å². The quantitative estimate of drug-likeness (QED) is 0.622. The van der Waals surface area contributed by atoms with Crippen molar-refractivity contribution in [2.45, 2.75) is 17.3 Å². The largest absolute Gasteiger partial charge is 0.378 e. The van der Waals surface area contributed by atoms with Crippen LogP contribution in [0, 0.1) is 6.92 Å². The van der Waals surface area contributed by atoms with Gasteiger partial charge in [0.05, 0.1) is 18.9 Å². The first-order chi connectivity index (χ1) is 13.7. The molecule has 144 valence electrons. The van der Waals surface area contributed by atoms with Crippen LogP contribution in [0.5, 0.6) is 0 Å². The van der Waals surface area contributed by atoms with Gasteiger partial charge >= 0.3 is 0 Å². The van der Waals surface area contributed by atoms with Crippen LogP contribution < -0.4 is 0 Å². The Morgan fingerprint density at radius 1 is 1.07 bits per heavy atom. The molecular formula is C21H22N4O2S. The highest BCUT2D eigenvalue weighted by Crippen LogP contribution is 2.37.